The largest absolute Gasteiger partial charge is 0.542 e. The van der Waals surface area contributed by atoms with Gasteiger partial charge in [0.1, 0.15) is 6.04 Å². The molecule has 0 aliphatic rings. The molecule has 0 heterocycles. The molecule has 1 rings (SSSR count). The molecular formula is C10H12BNO4. The first-order valence-corrected chi connectivity index (χ1v) is 4.74. The Kier molecular flexibility index (Phi) is 4.38. The fourth-order valence-corrected chi connectivity index (χ4v) is 1.33. The van der Waals surface area contributed by atoms with E-state index in [1.165, 1.54) is 8.05 Å². The van der Waals surface area contributed by atoms with Crippen LogP contribution in [0.4, 0.5) is 4.79 Å². The summed E-state index contributed by atoms with van der Waals surface area (Å²) in [6, 6.07) is 8.26. The Morgan fingerprint density at radius 3 is 2.50 bits per heavy atom. The lowest BCUT2D eigenvalue weighted by Gasteiger charge is -2.14. The maximum Gasteiger partial charge on any atom is 0.405 e. The van der Waals surface area contributed by atoms with Gasteiger partial charge in [0.25, 0.3) is 0 Å². The summed E-state index contributed by atoms with van der Waals surface area (Å²) in [4.78, 5) is 21.8. The zero-order chi connectivity index (χ0) is 12.0. The highest BCUT2D eigenvalue weighted by atomic mass is 16.5. The number of hydrogen-bond donors (Lipinski definition) is 2. The molecule has 0 saturated heterocycles. The van der Waals surface area contributed by atoms with Crippen LogP contribution < -0.4 is 5.32 Å². The van der Waals surface area contributed by atoms with E-state index in [4.69, 9.17) is 5.11 Å². The zero-order valence-electron chi connectivity index (χ0n) is 8.84. The van der Waals surface area contributed by atoms with E-state index in [1.54, 1.807) is 0 Å². The monoisotopic (exact) mass is 221 g/mol. The second-order valence-electron chi connectivity index (χ2n) is 3.21. The lowest BCUT2D eigenvalue weighted by atomic mass is 10.1. The number of rotatable bonds is 4. The minimum atomic E-state index is -1.24. The van der Waals surface area contributed by atoms with Crippen molar-refractivity contribution in [3.63, 3.8) is 0 Å². The fourth-order valence-electron chi connectivity index (χ4n) is 1.33. The van der Waals surface area contributed by atoms with Crippen LogP contribution in [0.5, 0.6) is 0 Å². The van der Waals surface area contributed by atoms with Gasteiger partial charge in [-0.2, -0.15) is 0 Å². The van der Waals surface area contributed by atoms with Gasteiger partial charge in [0, 0.05) is 6.42 Å². The molecule has 0 aromatic heterocycles. The maximum atomic E-state index is 11.3. The smallest absolute Gasteiger partial charge is 0.405 e. The first-order chi connectivity index (χ1) is 7.63. The molecule has 0 radical (unpaired) electrons. The van der Waals surface area contributed by atoms with Crippen LogP contribution in [0.3, 0.4) is 0 Å². The SMILES string of the molecule is BOC(=O)[C@H](Cc1ccccc1)NC(=O)O. The molecule has 0 unspecified atom stereocenters. The van der Waals surface area contributed by atoms with E-state index in [2.05, 4.69) is 9.97 Å². The molecule has 6 heteroatoms. The molecule has 5 nitrogen and oxygen atoms in total. The molecule has 84 valence electrons. The molecule has 2 N–H and O–H groups in total. The number of carbonyl (C=O) groups is 2. The molecule has 0 aliphatic carbocycles. The van der Waals surface area contributed by atoms with E-state index < -0.39 is 18.1 Å². The van der Waals surface area contributed by atoms with Gasteiger partial charge in [-0.1, -0.05) is 30.3 Å². The van der Waals surface area contributed by atoms with E-state index in [0.717, 1.165) is 5.56 Å². The molecule has 16 heavy (non-hydrogen) atoms. The first kappa shape index (κ1) is 12.1. The molecule has 0 fully saturated rings. The first-order valence-electron chi connectivity index (χ1n) is 4.74. The third-order valence-electron chi connectivity index (χ3n) is 2.07. The van der Waals surface area contributed by atoms with E-state index in [0.29, 0.717) is 0 Å². The van der Waals surface area contributed by atoms with E-state index in [1.807, 2.05) is 30.3 Å². The third kappa shape index (κ3) is 3.64. The summed E-state index contributed by atoms with van der Waals surface area (Å²) < 4.78 is 4.52. The van der Waals surface area contributed by atoms with Crippen molar-refractivity contribution in [3.8, 4) is 0 Å². The Morgan fingerprint density at radius 1 is 1.38 bits per heavy atom. The second kappa shape index (κ2) is 5.80. The summed E-state index contributed by atoms with van der Waals surface area (Å²) in [7, 11) is 1.23. The van der Waals surface area contributed by atoms with Crippen molar-refractivity contribution >= 4 is 20.1 Å². The normalized spacial score (nSPS) is 11.5. The molecule has 1 amide bonds. The number of nitrogens with one attached hydrogen (secondary N) is 1. The summed E-state index contributed by atoms with van der Waals surface area (Å²) in [5.41, 5.74) is 0.867. The Bertz CT molecular complexity index is 368. The fraction of sp³-hybridized carbons (Fsp3) is 0.200. The van der Waals surface area contributed by atoms with E-state index in [-0.39, 0.29) is 6.42 Å². The molecule has 0 aliphatic heterocycles. The topological polar surface area (TPSA) is 75.6 Å². The summed E-state index contributed by atoms with van der Waals surface area (Å²) in [5.74, 6) is -0.591. The molecule has 1 aromatic rings. The van der Waals surface area contributed by atoms with Crippen molar-refractivity contribution in [2.24, 2.45) is 0 Å². The average Bonchev–Trinajstić information content (AvgIpc) is 2.28. The highest BCUT2D eigenvalue weighted by Gasteiger charge is 2.20. The van der Waals surface area contributed by atoms with Gasteiger partial charge < -0.3 is 15.1 Å². The maximum absolute atomic E-state index is 11.3. The third-order valence-corrected chi connectivity index (χ3v) is 2.07. The number of benzene rings is 1. The Labute approximate surface area is 93.9 Å². The van der Waals surface area contributed by atoms with Gasteiger partial charge in [0.15, 0.2) is 0 Å². The van der Waals surface area contributed by atoms with Crippen molar-refractivity contribution in [3.05, 3.63) is 35.9 Å². The predicted octanol–water partition coefficient (Wildman–Crippen LogP) is -0.0434. The highest BCUT2D eigenvalue weighted by molar-refractivity contribution is 6.06. The van der Waals surface area contributed by atoms with Gasteiger partial charge in [-0.15, -0.1) is 0 Å². The van der Waals surface area contributed by atoms with Crippen LogP contribution in [-0.2, 0) is 15.9 Å². The van der Waals surface area contributed by atoms with Crippen molar-refractivity contribution in [1.82, 2.24) is 5.32 Å². The number of carboxylic acid groups (broad SMARTS) is 1. The molecule has 0 saturated carbocycles. The standard InChI is InChI=1S/C10H12BNO4/c11-16-9(13)8(12-10(14)15)6-7-4-2-1-3-5-7/h1-5,8,12H,6,11H2,(H,14,15)/t8-/m0/s1. The number of carbonyl (C=O) groups excluding carboxylic acids is 1. The van der Waals surface area contributed by atoms with Crippen LogP contribution in [-0.4, -0.2) is 31.3 Å². The number of hydrogen-bond acceptors (Lipinski definition) is 3. The molecule has 0 bridgehead atoms. The zero-order valence-corrected chi connectivity index (χ0v) is 8.84. The summed E-state index contributed by atoms with van der Waals surface area (Å²) in [6.07, 6.45) is -0.967. The van der Waals surface area contributed by atoms with Crippen LogP contribution in [0, 0.1) is 0 Å². The molecule has 1 aromatic carbocycles. The van der Waals surface area contributed by atoms with Crippen molar-refractivity contribution in [2.75, 3.05) is 0 Å². The van der Waals surface area contributed by atoms with Crippen LogP contribution in [0.25, 0.3) is 0 Å². The Hall–Kier alpha value is -1.98. The van der Waals surface area contributed by atoms with Gasteiger partial charge in [0.05, 0.1) is 0 Å². The van der Waals surface area contributed by atoms with Crippen molar-refractivity contribution in [1.29, 1.82) is 0 Å². The van der Waals surface area contributed by atoms with Gasteiger partial charge in [0.2, 0.25) is 0 Å². The number of amides is 1. The van der Waals surface area contributed by atoms with E-state index in [9.17, 15) is 9.59 Å². The van der Waals surface area contributed by atoms with Crippen LogP contribution in [0.2, 0.25) is 0 Å². The lowest BCUT2D eigenvalue weighted by molar-refractivity contribution is -0.136. The Morgan fingerprint density at radius 2 is 2.00 bits per heavy atom. The van der Waals surface area contributed by atoms with Gasteiger partial charge in [-0.05, 0) is 5.56 Å². The van der Waals surface area contributed by atoms with Crippen molar-refractivity contribution < 1.29 is 19.3 Å². The molecule has 0 spiro atoms. The summed E-state index contributed by atoms with van der Waals surface area (Å²) in [6.45, 7) is 0. The van der Waals surface area contributed by atoms with E-state index >= 15 is 0 Å². The van der Waals surface area contributed by atoms with Crippen molar-refractivity contribution in [2.45, 2.75) is 12.5 Å². The quantitative estimate of drug-likeness (QED) is 0.699. The average molecular weight is 221 g/mol. The lowest BCUT2D eigenvalue weighted by Crippen LogP contribution is -2.42. The van der Waals surface area contributed by atoms with Gasteiger partial charge in [-0.3, -0.25) is 4.79 Å². The van der Waals surface area contributed by atoms with Crippen LogP contribution >= 0.6 is 0 Å². The second-order valence-corrected chi connectivity index (χ2v) is 3.21. The minimum Gasteiger partial charge on any atom is -0.542 e. The molecule has 1 atom stereocenters. The van der Waals surface area contributed by atoms with Crippen LogP contribution in [0.1, 0.15) is 5.56 Å². The summed E-state index contributed by atoms with van der Waals surface area (Å²) >= 11 is 0. The van der Waals surface area contributed by atoms with Gasteiger partial charge in [-0.25, -0.2) is 4.79 Å². The highest BCUT2D eigenvalue weighted by Crippen LogP contribution is 2.04. The van der Waals surface area contributed by atoms with Crippen LogP contribution in [0.15, 0.2) is 30.3 Å². The molecular weight excluding hydrogens is 209 g/mol. The van der Waals surface area contributed by atoms with Gasteiger partial charge >= 0.3 is 20.1 Å². The summed E-state index contributed by atoms with van der Waals surface area (Å²) in [5, 5.41) is 10.7. The predicted molar refractivity (Wildman–Crippen MR) is 59.7 cm³/mol. The minimum absolute atomic E-state index is 0.278. The Balaban J connectivity index is 2.70.